The van der Waals surface area contributed by atoms with Crippen LogP contribution in [0, 0.1) is 11.8 Å². The van der Waals surface area contributed by atoms with E-state index in [-0.39, 0.29) is 24.1 Å². The van der Waals surface area contributed by atoms with Gasteiger partial charge in [-0.15, -0.1) is 0 Å². The number of hydrogen-bond donors (Lipinski definition) is 0. The van der Waals surface area contributed by atoms with Crippen molar-refractivity contribution in [2.45, 2.75) is 33.1 Å². The van der Waals surface area contributed by atoms with Gasteiger partial charge in [-0.1, -0.05) is 37.6 Å². The second-order valence-corrected chi connectivity index (χ2v) is 5.84. The van der Waals surface area contributed by atoms with Gasteiger partial charge >= 0.3 is 5.97 Å². The zero-order valence-corrected chi connectivity index (χ0v) is 12.9. The Labute approximate surface area is 125 Å². The van der Waals surface area contributed by atoms with Crippen LogP contribution < -0.4 is 0 Å². The molecule has 0 amide bonds. The molecule has 0 N–H and O–H groups in total. The average Bonchev–Trinajstić information content (AvgIpc) is 2.36. The van der Waals surface area contributed by atoms with Crippen LogP contribution in [0.3, 0.4) is 0 Å². The number of carbonyl (C=O) groups excluding carboxylic acids is 2. The molecule has 0 fully saturated rings. The number of halogens is 1. The van der Waals surface area contributed by atoms with Crippen molar-refractivity contribution in [3.05, 3.63) is 34.9 Å². The molecule has 1 atom stereocenters. The number of benzene rings is 1. The van der Waals surface area contributed by atoms with Crippen molar-refractivity contribution in [2.24, 2.45) is 11.8 Å². The summed E-state index contributed by atoms with van der Waals surface area (Å²) in [6.45, 7) is 4.05. The third-order valence-electron chi connectivity index (χ3n) is 3.05. The zero-order chi connectivity index (χ0) is 15.1. The van der Waals surface area contributed by atoms with Gasteiger partial charge < -0.3 is 4.74 Å². The fraction of sp³-hybridized carbons (Fsp3) is 0.500. The van der Waals surface area contributed by atoms with Gasteiger partial charge in [-0.3, -0.25) is 9.59 Å². The zero-order valence-electron chi connectivity index (χ0n) is 12.2. The molecular weight excluding hydrogens is 276 g/mol. The van der Waals surface area contributed by atoms with Crippen LogP contribution in [0.5, 0.6) is 0 Å². The predicted octanol–water partition coefficient (Wildman–Crippen LogP) is 3.68. The molecule has 0 aromatic heterocycles. The first kappa shape index (κ1) is 16.7. The van der Waals surface area contributed by atoms with Crippen molar-refractivity contribution in [2.75, 3.05) is 7.11 Å². The van der Waals surface area contributed by atoms with E-state index in [0.717, 1.165) is 5.56 Å². The van der Waals surface area contributed by atoms with Crippen LogP contribution >= 0.6 is 11.6 Å². The van der Waals surface area contributed by atoms with Gasteiger partial charge in [0.2, 0.25) is 0 Å². The van der Waals surface area contributed by atoms with E-state index in [9.17, 15) is 9.59 Å². The number of hydrogen-bond acceptors (Lipinski definition) is 3. The fourth-order valence-corrected chi connectivity index (χ4v) is 2.43. The lowest BCUT2D eigenvalue weighted by Crippen LogP contribution is -2.22. The molecule has 3 nitrogen and oxygen atoms in total. The third kappa shape index (κ3) is 5.74. The summed E-state index contributed by atoms with van der Waals surface area (Å²) in [5.41, 5.74) is 0.871. The van der Waals surface area contributed by atoms with Gasteiger partial charge in [0, 0.05) is 17.9 Å². The third-order valence-corrected chi connectivity index (χ3v) is 3.29. The Balaban J connectivity index is 2.64. The maximum absolute atomic E-state index is 12.1. The molecule has 1 rings (SSSR count). The molecule has 0 unspecified atom stereocenters. The van der Waals surface area contributed by atoms with E-state index < -0.39 is 0 Å². The summed E-state index contributed by atoms with van der Waals surface area (Å²) >= 11 is 5.89. The molecule has 110 valence electrons. The number of Topliss-reactive ketones (excluding diaryl/α,β-unsaturated/α-hetero) is 1. The summed E-state index contributed by atoms with van der Waals surface area (Å²) in [6.07, 6.45) is 1.18. The molecule has 0 saturated heterocycles. The lowest BCUT2D eigenvalue weighted by Gasteiger charge is -2.16. The van der Waals surface area contributed by atoms with Gasteiger partial charge in [0.25, 0.3) is 0 Å². The van der Waals surface area contributed by atoms with E-state index in [2.05, 4.69) is 0 Å². The molecule has 0 saturated carbocycles. The molecule has 0 radical (unpaired) electrons. The van der Waals surface area contributed by atoms with Gasteiger partial charge in [0.05, 0.1) is 13.0 Å². The summed E-state index contributed by atoms with van der Waals surface area (Å²) < 4.78 is 4.77. The normalized spacial score (nSPS) is 12.2. The van der Waals surface area contributed by atoms with Crippen molar-refractivity contribution in [3.8, 4) is 0 Å². The molecule has 20 heavy (non-hydrogen) atoms. The number of rotatable bonds is 7. The lowest BCUT2D eigenvalue weighted by atomic mass is 9.91. The summed E-state index contributed by atoms with van der Waals surface area (Å²) in [4.78, 5) is 23.8. The van der Waals surface area contributed by atoms with Crippen LogP contribution in [0.15, 0.2) is 24.3 Å². The van der Waals surface area contributed by atoms with E-state index in [0.29, 0.717) is 23.8 Å². The largest absolute Gasteiger partial charge is 0.469 e. The first-order valence-corrected chi connectivity index (χ1v) is 7.14. The topological polar surface area (TPSA) is 43.4 Å². The van der Waals surface area contributed by atoms with Crippen molar-refractivity contribution in [1.29, 1.82) is 0 Å². The van der Waals surface area contributed by atoms with Crippen molar-refractivity contribution >= 4 is 23.4 Å². The van der Waals surface area contributed by atoms with E-state index in [1.165, 1.54) is 7.11 Å². The van der Waals surface area contributed by atoms with E-state index >= 15 is 0 Å². The molecule has 4 heteroatoms. The van der Waals surface area contributed by atoms with Crippen LogP contribution in [0.25, 0.3) is 0 Å². The monoisotopic (exact) mass is 296 g/mol. The molecule has 1 aromatic carbocycles. The minimum Gasteiger partial charge on any atom is -0.469 e. The molecule has 0 heterocycles. The molecular formula is C16H21ClO3. The highest BCUT2D eigenvalue weighted by atomic mass is 35.5. The Morgan fingerprint density at radius 2 is 2.00 bits per heavy atom. The lowest BCUT2D eigenvalue weighted by molar-refractivity contribution is -0.147. The van der Waals surface area contributed by atoms with Crippen molar-refractivity contribution in [3.63, 3.8) is 0 Å². The highest BCUT2D eigenvalue weighted by molar-refractivity contribution is 6.30. The molecule has 1 aromatic rings. The molecule has 0 spiro atoms. The fourth-order valence-electron chi connectivity index (χ4n) is 2.22. The van der Waals surface area contributed by atoms with E-state index in [4.69, 9.17) is 16.3 Å². The van der Waals surface area contributed by atoms with Gasteiger partial charge in [0.15, 0.2) is 0 Å². The molecule has 0 aliphatic rings. The minimum absolute atomic E-state index is 0.0308. The smallest absolute Gasteiger partial charge is 0.309 e. The van der Waals surface area contributed by atoms with Crippen LogP contribution in [0.1, 0.15) is 32.3 Å². The standard InChI is InChI=1S/C16H21ClO3/c1-11(2)7-13(16(19)20-3)10-15(18)9-12-5-4-6-14(17)8-12/h4-6,8,11,13H,7,9-10H2,1-3H3/t13-/m1/s1. The summed E-state index contributed by atoms with van der Waals surface area (Å²) in [6, 6.07) is 7.22. The number of carbonyl (C=O) groups is 2. The van der Waals surface area contributed by atoms with Crippen molar-refractivity contribution in [1.82, 2.24) is 0 Å². The maximum atomic E-state index is 12.1. The van der Waals surface area contributed by atoms with Crippen LogP contribution in [-0.2, 0) is 20.7 Å². The van der Waals surface area contributed by atoms with Crippen LogP contribution in [-0.4, -0.2) is 18.9 Å². The maximum Gasteiger partial charge on any atom is 0.309 e. The summed E-state index contributed by atoms with van der Waals surface area (Å²) in [7, 11) is 1.36. The van der Waals surface area contributed by atoms with Crippen molar-refractivity contribution < 1.29 is 14.3 Å². The Morgan fingerprint density at radius 1 is 1.30 bits per heavy atom. The van der Waals surface area contributed by atoms with E-state index in [1.54, 1.807) is 12.1 Å². The average molecular weight is 297 g/mol. The predicted molar refractivity (Wildman–Crippen MR) is 79.7 cm³/mol. The molecule has 0 aliphatic heterocycles. The number of ether oxygens (including phenoxy) is 1. The van der Waals surface area contributed by atoms with Crippen LogP contribution in [0.4, 0.5) is 0 Å². The summed E-state index contributed by atoms with van der Waals surface area (Å²) in [5.74, 6) is -0.286. The highest BCUT2D eigenvalue weighted by Gasteiger charge is 2.23. The van der Waals surface area contributed by atoms with E-state index in [1.807, 2.05) is 26.0 Å². The molecule has 0 bridgehead atoms. The van der Waals surface area contributed by atoms with Gasteiger partial charge in [-0.25, -0.2) is 0 Å². The first-order chi connectivity index (χ1) is 9.42. The quantitative estimate of drug-likeness (QED) is 0.721. The minimum atomic E-state index is -0.355. The van der Waals surface area contributed by atoms with Gasteiger partial charge in [-0.05, 0) is 30.0 Å². The number of esters is 1. The van der Waals surface area contributed by atoms with Gasteiger partial charge in [0.1, 0.15) is 5.78 Å². The molecule has 0 aliphatic carbocycles. The Bertz CT molecular complexity index is 469. The first-order valence-electron chi connectivity index (χ1n) is 6.76. The SMILES string of the molecule is COC(=O)[C@@H](CC(=O)Cc1cccc(Cl)c1)CC(C)C. The second-order valence-electron chi connectivity index (χ2n) is 5.40. The second kappa shape index (κ2) is 8.05. The Kier molecular flexibility index (Phi) is 6.73. The number of methoxy groups -OCH3 is 1. The number of ketones is 1. The Hall–Kier alpha value is -1.35. The highest BCUT2D eigenvalue weighted by Crippen LogP contribution is 2.19. The summed E-state index contributed by atoms with van der Waals surface area (Å²) in [5, 5.41) is 0.613. The van der Waals surface area contributed by atoms with Gasteiger partial charge in [-0.2, -0.15) is 0 Å². The Morgan fingerprint density at radius 3 is 2.55 bits per heavy atom. The van der Waals surface area contributed by atoms with Crippen LogP contribution in [0.2, 0.25) is 5.02 Å².